The van der Waals surface area contributed by atoms with Crippen molar-refractivity contribution in [1.29, 1.82) is 0 Å². The Labute approximate surface area is 134 Å². The Balaban J connectivity index is 1.87. The van der Waals surface area contributed by atoms with Crippen molar-refractivity contribution in [2.75, 3.05) is 5.32 Å². The predicted molar refractivity (Wildman–Crippen MR) is 87.2 cm³/mol. The maximum Gasteiger partial charge on any atom is 0.272 e. The van der Waals surface area contributed by atoms with E-state index >= 15 is 0 Å². The lowest BCUT2D eigenvalue weighted by molar-refractivity contribution is 0.101. The van der Waals surface area contributed by atoms with E-state index in [1.54, 1.807) is 0 Å². The number of carbonyl (C=O) groups excluding carboxylic acids is 1. The molecule has 1 fully saturated rings. The number of benzene rings is 1. The molecule has 5 heteroatoms. The molecule has 20 heavy (non-hydrogen) atoms. The van der Waals surface area contributed by atoms with Gasteiger partial charge in [-0.25, -0.2) is 0 Å². The lowest BCUT2D eigenvalue weighted by atomic mass is 10.2. The zero-order valence-corrected chi connectivity index (χ0v) is 14.2. The Hall–Kier alpha value is -1.07. The van der Waals surface area contributed by atoms with Gasteiger partial charge in [0.05, 0.1) is 0 Å². The van der Waals surface area contributed by atoms with E-state index in [0.29, 0.717) is 11.7 Å². The van der Waals surface area contributed by atoms with Gasteiger partial charge < -0.3 is 9.88 Å². The molecular weight excluding hydrogens is 384 g/mol. The Bertz CT molecular complexity index is 675. The first-order valence-electron chi connectivity index (χ1n) is 6.49. The number of amides is 1. The molecule has 1 aromatic carbocycles. The van der Waals surface area contributed by atoms with E-state index in [4.69, 9.17) is 0 Å². The normalized spacial score (nSPS) is 14.3. The summed E-state index contributed by atoms with van der Waals surface area (Å²) in [4.78, 5) is 12.5. The zero-order chi connectivity index (χ0) is 14.3. The Morgan fingerprint density at radius 3 is 2.70 bits per heavy atom. The van der Waals surface area contributed by atoms with Gasteiger partial charge in [-0.15, -0.1) is 0 Å². The number of hydrogen-bond donors (Lipinski definition) is 1. The van der Waals surface area contributed by atoms with Crippen LogP contribution in [0.1, 0.15) is 34.9 Å². The van der Waals surface area contributed by atoms with Crippen molar-refractivity contribution in [3.05, 3.63) is 50.7 Å². The van der Waals surface area contributed by atoms with Gasteiger partial charge in [-0.3, -0.25) is 4.79 Å². The maximum atomic E-state index is 12.5. The number of aromatic nitrogens is 1. The van der Waals surface area contributed by atoms with Crippen molar-refractivity contribution in [2.45, 2.75) is 25.8 Å². The van der Waals surface area contributed by atoms with Crippen LogP contribution in [0.15, 0.2) is 39.4 Å². The largest absolute Gasteiger partial charge is 0.339 e. The second-order valence-electron chi connectivity index (χ2n) is 5.10. The molecule has 0 atom stereocenters. The van der Waals surface area contributed by atoms with Crippen molar-refractivity contribution in [2.24, 2.45) is 0 Å². The van der Waals surface area contributed by atoms with Gasteiger partial charge >= 0.3 is 0 Å². The molecule has 3 rings (SSSR count). The molecule has 1 saturated carbocycles. The van der Waals surface area contributed by atoms with Crippen LogP contribution in [0.3, 0.4) is 0 Å². The van der Waals surface area contributed by atoms with Crippen molar-refractivity contribution in [3.63, 3.8) is 0 Å². The third-order valence-corrected chi connectivity index (χ3v) is 4.36. The van der Waals surface area contributed by atoms with E-state index in [2.05, 4.69) is 41.7 Å². The molecule has 3 nitrogen and oxygen atoms in total. The van der Waals surface area contributed by atoms with Crippen molar-refractivity contribution >= 4 is 43.5 Å². The summed E-state index contributed by atoms with van der Waals surface area (Å²) < 4.78 is 3.96. The summed E-state index contributed by atoms with van der Waals surface area (Å²) >= 11 is 6.88. The minimum atomic E-state index is -0.0659. The van der Waals surface area contributed by atoms with E-state index in [-0.39, 0.29) is 5.91 Å². The number of halogens is 2. The van der Waals surface area contributed by atoms with Crippen LogP contribution in [-0.4, -0.2) is 10.5 Å². The SMILES string of the molecule is Cc1ccc(Br)cc1NC(=O)c1cc(Br)cn1C1CC1. The highest BCUT2D eigenvalue weighted by atomic mass is 79.9. The summed E-state index contributed by atoms with van der Waals surface area (Å²) in [5, 5.41) is 2.99. The second kappa shape index (κ2) is 5.37. The highest BCUT2D eigenvalue weighted by Gasteiger charge is 2.27. The van der Waals surface area contributed by atoms with Gasteiger partial charge in [0.2, 0.25) is 0 Å². The van der Waals surface area contributed by atoms with Gasteiger partial charge in [-0.1, -0.05) is 22.0 Å². The predicted octanol–water partition coefficient (Wildman–Crippen LogP) is 4.91. The smallest absolute Gasteiger partial charge is 0.272 e. The number of hydrogen-bond acceptors (Lipinski definition) is 1. The molecule has 104 valence electrons. The van der Waals surface area contributed by atoms with Gasteiger partial charge in [-0.2, -0.15) is 0 Å². The summed E-state index contributed by atoms with van der Waals surface area (Å²) in [6.07, 6.45) is 4.29. The van der Waals surface area contributed by atoms with Crippen molar-refractivity contribution in [1.82, 2.24) is 4.57 Å². The monoisotopic (exact) mass is 396 g/mol. The van der Waals surface area contributed by atoms with Crippen molar-refractivity contribution in [3.8, 4) is 0 Å². The standard InChI is InChI=1S/C15H14Br2N2O/c1-9-2-3-10(16)6-13(9)18-15(20)14-7-11(17)8-19(14)12-4-5-12/h2-3,6-8,12H,4-5H2,1H3,(H,18,20). The summed E-state index contributed by atoms with van der Waals surface area (Å²) in [5.74, 6) is -0.0659. The van der Waals surface area contributed by atoms with E-state index in [9.17, 15) is 4.79 Å². The molecule has 1 N–H and O–H groups in total. The van der Waals surface area contributed by atoms with Crippen molar-refractivity contribution < 1.29 is 4.79 Å². The molecule has 0 aliphatic heterocycles. The van der Waals surface area contributed by atoms with E-state index in [0.717, 1.165) is 33.0 Å². The number of nitrogens with one attached hydrogen (secondary N) is 1. The minimum Gasteiger partial charge on any atom is -0.339 e. The van der Waals surface area contributed by atoms with E-state index in [1.165, 1.54) is 0 Å². The third kappa shape index (κ3) is 2.83. The maximum absolute atomic E-state index is 12.5. The first-order chi connectivity index (χ1) is 9.54. The summed E-state index contributed by atoms with van der Waals surface area (Å²) in [5.41, 5.74) is 2.59. The number of anilines is 1. The number of nitrogens with zero attached hydrogens (tertiary/aromatic N) is 1. The highest BCUT2D eigenvalue weighted by Crippen LogP contribution is 2.37. The third-order valence-electron chi connectivity index (χ3n) is 3.44. The van der Waals surface area contributed by atoms with Crippen LogP contribution in [0.4, 0.5) is 5.69 Å². The summed E-state index contributed by atoms with van der Waals surface area (Å²) in [7, 11) is 0. The average Bonchev–Trinajstić information content (AvgIpc) is 3.17. The molecule has 1 amide bonds. The van der Waals surface area contributed by atoms with Gasteiger partial charge in [0, 0.05) is 26.9 Å². The molecule has 1 aliphatic rings. The number of rotatable bonds is 3. The molecule has 2 aromatic rings. The molecule has 0 bridgehead atoms. The van der Waals surface area contributed by atoms with Crippen LogP contribution < -0.4 is 5.32 Å². The van der Waals surface area contributed by atoms with Crippen LogP contribution in [0, 0.1) is 6.92 Å². The quantitative estimate of drug-likeness (QED) is 0.784. The fraction of sp³-hybridized carbons (Fsp3) is 0.267. The van der Waals surface area contributed by atoms with Crippen LogP contribution >= 0.6 is 31.9 Å². The molecular formula is C15H14Br2N2O. The topological polar surface area (TPSA) is 34.0 Å². The van der Waals surface area contributed by atoms with Gasteiger partial charge in [0.15, 0.2) is 0 Å². The number of carbonyl (C=O) groups is 1. The van der Waals surface area contributed by atoms with Gasteiger partial charge in [-0.05, 0) is 59.5 Å². The van der Waals surface area contributed by atoms with E-state index in [1.807, 2.05) is 37.4 Å². The van der Waals surface area contributed by atoms with E-state index < -0.39 is 0 Å². The number of aryl methyl sites for hydroxylation is 1. The van der Waals surface area contributed by atoms with Gasteiger partial charge in [0.1, 0.15) is 5.69 Å². The summed E-state index contributed by atoms with van der Waals surface area (Å²) in [6, 6.07) is 8.23. The molecule has 0 saturated heterocycles. The Morgan fingerprint density at radius 1 is 1.25 bits per heavy atom. The average molecular weight is 398 g/mol. The first kappa shape index (κ1) is 13.9. The molecule has 0 radical (unpaired) electrons. The Kier molecular flexibility index (Phi) is 3.73. The molecule has 0 unspecified atom stereocenters. The fourth-order valence-corrected chi connectivity index (χ4v) is 3.00. The van der Waals surface area contributed by atoms with Crippen LogP contribution in [0.25, 0.3) is 0 Å². The second-order valence-corrected chi connectivity index (χ2v) is 6.93. The zero-order valence-electron chi connectivity index (χ0n) is 11.0. The van der Waals surface area contributed by atoms with Crippen LogP contribution in [0.2, 0.25) is 0 Å². The van der Waals surface area contributed by atoms with Crippen LogP contribution in [0.5, 0.6) is 0 Å². The fourth-order valence-electron chi connectivity index (χ4n) is 2.20. The highest BCUT2D eigenvalue weighted by molar-refractivity contribution is 9.10. The van der Waals surface area contributed by atoms with Gasteiger partial charge in [0.25, 0.3) is 5.91 Å². The molecule has 1 aliphatic carbocycles. The molecule has 0 spiro atoms. The Morgan fingerprint density at radius 2 is 2.00 bits per heavy atom. The van der Waals surface area contributed by atoms with Crippen LogP contribution in [-0.2, 0) is 0 Å². The minimum absolute atomic E-state index is 0.0659. The molecule has 1 aromatic heterocycles. The lowest BCUT2D eigenvalue weighted by Gasteiger charge is -2.11. The summed E-state index contributed by atoms with van der Waals surface area (Å²) in [6.45, 7) is 1.98. The first-order valence-corrected chi connectivity index (χ1v) is 8.08. The molecule has 1 heterocycles. The lowest BCUT2D eigenvalue weighted by Crippen LogP contribution is -2.16.